The number of hydrogen-bond acceptors (Lipinski definition) is 4. The minimum atomic E-state index is -0.0188. The van der Waals surface area contributed by atoms with Crippen LogP contribution in [0.15, 0.2) is 12.5 Å². The van der Waals surface area contributed by atoms with Crippen LogP contribution in [0.5, 0.6) is 0 Å². The van der Waals surface area contributed by atoms with Crippen LogP contribution in [0.2, 0.25) is 0 Å². The summed E-state index contributed by atoms with van der Waals surface area (Å²) in [6.45, 7) is 2.68. The normalized spacial score (nSPS) is 22.5. The second-order valence-corrected chi connectivity index (χ2v) is 3.29. The molecule has 0 spiro atoms. The molecular formula is C9H14N2O3. The smallest absolute Gasteiger partial charge is 0.0988 e. The zero-order valence-electron chi connectivity index (χ0n) is 7.93. The second kappa shape index (κ2) is 4.54. The Morgan fingerprint density at radius 3 is 3.14 bits per heavy atom. The average Bonchev–Trinajstić information content (AvgIpc) is 2.67. The Bertz CT molecular complexity index is 281. The third kappa shape index (κ3) is 2.31. The van der Waals surface area contributed by atoms with E-state index in [9.17, 15) is 0 Å². The molecule has 2 rings (SSSR count). The Hall–Kier alpha value is -0.910. The van der Waals surface area contributed by atoms with Crippen molar-refractivity contribution in [1.82, 2.24) is 9.55 Å². The van der Waals surface area contributed by atoms with Gasteiger partial charge in [-0.3, -0.25) is 0 Å². The van der Waals surface area contributed by atoms with E-state index in [2.05, 4.69) is 4.98 Å². The first-order valence-corrected chi connectivity index (χ1v) is 4.69. The lowest BCUT2D eigenvalue weighted by Gasteiger charge is -2.22. The fourth-order valence-corrected chi connectivity index (χ4v) is 1.47. The number of aliphatic hydroxyl groups excluding tert-OH is 1. The van der Waals surface area contributed by atoms with Crippen molar-refractivity contribution < 1.29 is 14.6 Å². The first-order valence-electron chi connectivity index (χ1n) is 4.69. The largest absolute Gasteiger partial charge is 0.390 e. The minimum absolute atomic E-state index is 0.0188. The van der Waals surface area contributed by atoms with Gasteiger partial charge in [0, 0.05) is 6.20 Å². The van der Waals surface area contributed by atoms with E-state index < -0.39 is 0 Å². The summed E-state index contributed by atoms with van der Waals surface area (Å²) in [4.78, 5) is 4.02. The van der Waals surface area contributed by atoms with Crippen LogP contribution in [0.1, 0.15) is 5.69 Å². The van der Waals surface area contributed by atoms with Gasteiger partial charge in [0.2, 0.25) is 0 Å². The summed E-state index contributed by atoms with van der Waals surface area (Å²) < 4.78 is 12.7. The number of rotatable bonds is 3. The Balaban J connectivity index is 1.89. The maximum atomic E-state index is 8.83. The monoisotopic (exact) mass is 198 g/mol. The summed E-state index contributed by atoms with van der Waals surface area (Å²) in [5, 5.41) is 8.83. The molecule has 5 nitrogen and oxygen atoms in total. The van der Waals surface area contributed by atoms with Crippen LogP contribution < -0.4 is 0 Å². The fourth-order valence-electron chi connectivity index (χ4n) is 1.47. The summed E-state index contributed by atoms with van der Waals surface area (Å²) in [7, 11) is 0. The van der Waals surface area contributed by atoms with Gasteiger partial charge in [0.1, 0.15) is 0 Å². The van der Waals surface area contributed by atoms with Crippen molar-refractivity contribution in [2.45, 2.75) is 19.3 Å². The van der Waals surface area contributed by atoms with E-state index in [-0.39, 0.29) is 12.7 Å². The van der Waals surface area contributed by atoms with Crippen molar-refractivity contribution >= 4 is 0 Å². The van der Waals surface area contributed by atoms with Crippen LogP contribution in [-0.4, -0.2) is 40.6 Å². The van der Waals surface area contributed by atoms with E-state index in [1.165, 1.54) is 0 Å². The molecule has 1 N–H and O–H groups in total. The van der Waals surface area contributed by atoms with Gasteiger partial charge in [0.15, 0.2) is 0 Å². The molecule has 0 radical (unpaired) electrons. The Labute approximate surface area is 82.3 Å². The lowest BCUT2D eigenvalue weighted by atomic mass is 10.3. The molecule has 0 amide bonds. The highest BCUT2D eigenvalue weighted by Crippen LogP contribution is 2.05. The van der Waals surface area contributed by atoms with Gasteiger partial charge in [-0.1, -0.05) is 0 Å². The van der Waals surface area contributed by atoms with Crippen LogP contribution in [-0.2, 0) is 22.6 Å². The van der Waals surface area contributed by atoms with Gasteiger partial charge >= 0.3 is 0 Å². The molecule has 14 heavy (non-hydrogen) atoms. The molecule has 0 bridgehead atoms. The third-order valence-electron chi connectivity index (χ3n) is 2.15. The molecule has 1 aliphatic heterocycles. The number of imidazole rings is 1. The van der Waals surface area contributed by atoms with Gasteiger partial charge in [-0.2, -0.15) is 0 Å². The van der Waals surface area contributed by atoms with Crippen molar-refractivity contribution in [2.75, 3.05) is 19.8 Å². The molecule has 1 saturated heterocycles. The summed E-state index contributed by atoms with van der Waals surface area (Å²) >= 11 is 0. The summed E-state index contributed by atoms with van der Waals surface area (Å²) in [5.74, 6) is 0. The molecule has 0 aromatic carbocycles. The standard InChI is InChI=1S/C9H14N2O3/c12-5-8-3-11(7-10-8)4-9-6-13-1-2-14-9/h3,7,9,12H,1-2,4-6H2. The molecule has 1 aromatic heterocycles. The molecule has 1 fully saturated rings. The van der Waals surface area contributed by atoms with E-state index in [1.807, 2.05) is 10.8 Å². The molecule has 1 atom stereocenters. The van der Waals surface area contributed by atoms with Crippen LogP contribution >= 0.6 is 0 Å². The van der Waals surface area contributed by atoms with Crippen LogP contribution in [0, 0.1) is 0 Å². The molecular weight excluding hydrogens is 184 g/mol. The van der Waals surface area contributed by atoms with Gasteiger partial charge in [0.25, 0.3) is 0 Å². The molecule has 0 saturated carbocycles. The number of aromatic nitrogens is 2. The molecule has 78 valence electrons. The Morgan fingerprint density at radius 1 is 1.57 bits per heavy atom. The first-order chi connectivity index (χ1) is 6.88. The van der Waals surface area contributed by atoms with Crippen molar-refractivity contribution in [2.24, 2.45) is 0 Å². The van der Waals surface area contributed by atoms with Crippen molar-refractivity contribution in [3.63, 3.8) is 0 Å². The lowest BCUT2D eigenvalue weighted by molar-refractivity contribution is -0.0936. The number of hydrogen-bond donors (Lipinski definition) is 1. The quantitative estimate of drug-likeness (QED) is 0.730. The third-order valence-corrected chi connectivity index (χ3v) is 2.15. The van der Waals surface area contributed by atoms with Gasteiger partial charge in [0.05, 0.1) is 51.1 Å². The highest BCUT2D eigenvalue weighted by Gasteiger charge is 2.14. The minimum Gasteiger partial charge on any atom is -0.390 e. The van der Waals surface area contributed by atoms with Crippen molar-refractivity contribution in [1.29, 1.82) is 0 Å². The van der Waals surface area contributed by atoms with E-state index in [0.29, 0.717) is 25.5 Å². The van der Waals surface area contributed by atoms with Crippen LogP contribution in [0.3, 0.4) is 0 Å². The topological polar surface area (TPSA) is 56.5 Å². The summed E-state index contributed by atoms with van der Waals surface area (Å²) in [5.41, 5.74) is 0.682. The maximum Gasteiger partial charge on any atom is 0.0988 e. The number of aliphatic hydroxyl groups is 1. The van der Waals surface area contributed by atoms with Gasteiger partial charge in [-0.15, -0.1) is 0 Å². The molecule has 1 aromatic rings. The molecule has 2 heterocycles. The Kier molecular flexibility index (Phi) is 3.13. The van der Waals surface area contributed by atoms with Gasteiger partial charge < -0.3 is 19.1 Å². The lowest BCUT2D eigenvalue weighted by Crippen LogP contribution is -2.31. The SMILES string of the molecule is OCc1cn(CC2COCCO2)cn1. The second-order valence-electron chi connectivity index (χ2n) is 3.29. The van der Waals surface area contributed by atoms with Crippen molar-refractivity contribution in [3.8, 4) is 0 Å². The zero-order valence-corrected chi connectivity index (χ0v) is 7.93. The summed E-state index contributed by atoms with van der Waals surface area (Å²) in [6, 6.07) is 0. The Morgan fingerprint density at radius 2 is 2.50 bits per heavy atom. The van der Waals surface area contributed by atoms with Gasteiger partial charge in [-0.05, 0) is 0 Å². The van der Waals surface area contributed by atoms with E-state index in [0.717, 1.165) is 6.54 Å². The first kappa shape index (κ1) is 9.64. The van der Waals surface area contributed by atoms with E-state index in [1.54, 1.807) is 6.33 Å². The fraction of sp³-hybridized carbons (Fsp3) is 0.667. The number of ether oxygens (including phenoxy) is 2. The number of nitrogens with zero attached hydrogens (tertiary/aromatic N) is 2. The van der Waals surface area contributed by atoms with Crippen LogP contribution in [0.4, 0.5) is 0 Å². The summed E-state index contributed by atoms with van der Waals surface area (Å²) in [6.07, 6.45) is 3.62. The van der Waals surface area contributed by atoms with E-state index >= 15 is 0 Å². The average molecular weight is 198 g/mol. The van der Waals surface area contributed by atoms with Crippen LogP contribution in [0.25, 0.3) is 0 Å². The van der Waals surface area contributed by atoms with Gasteiger partial charge in [-0.25, -0.2) is 4.98 Å². The molecule has 0 aliphatic carbocycles. The highest BCUT2D eigenvalue weighted by molar-refractivity contribution is 4.94. The van der Waals surface area contributed by atoms with Crippen molar-refractivity contribution in [3.05, 3.63) is 18.2 Å². The molecule has 1 aliphatic rings. The van der Waals surface area contributed by atoms with E-state index in [4.69, 9.17) is 14.6 Å². The molecule has 1 unspecified atom stereocenters. The predicted molar refractivity (Wildman–Crippen MR) is 48.7 cm³/mol. The molecule has 5 heteroatoms. The predicted octanol–water partition coefficient (Wildman–Crippen LogP) is -0.209. The maximum absolute atomic E-state index is 8.83. The zero-order chi connectivity index (χ0) is 9.80. The highest BCUT2D eigenvalue weighted by atomic mass is 16.6.